The Morgan fingerprint density at radius 3 is 2.68 bits per heavy atom. The maximum absolute atomic E-state index is 13.9. The predicted octanol–water partition coefficient (Wildman–Crippen LogP) is 4.53. The summed E-state index contributed by atoms with van der Waals surface area (Å²) in [5, 5.41) is 6.86. The van der Waals surface area contributed by atoms with Crippen LogP contribution in [0.25, 0.3) is 12.2 Å². The van der Waals surface area contributed by atoms with Crippen LogP contribution in [-0.4, -0.2) is 35.5 Å². The Bertz CT molecular complexity index is 1100. The average molecular weight is 427 g/mol. The molecule has 1 aromatic heterocycles. The number of aryl methyl sites for hydroxylation is 1. The molecular weight excluding hydrogens is 404 g/mol. The fourth-order valence-electron chi connectivity index (χ4n) is 2.91. The van der Waals surface area contributed by atoms with E-state index in [-0.39, 0.29) is 17.6 Å². The van der Waals surface area contributed by atoms with E-state index in [2.05, 4.69) is 10.4 Å². The summed E-state index contributed by atoms with van der Waals surface area (Å²) in [6.45, 7) is 2.21. The van der Waals surface area contributed by atoms with Crippen LogP contribution in [-0.2, 0) is 11.8 Å². The van der Waals surface area contributed by atoms with Crippen LogP contribution in [0.5, 0.6) is 5.75 Å². The number of hydrogen-bond donors (Lipinski definition) is 1. The van der Waals surface area contributed by atoms with E-state index in [0.717, 1.165) is 6.07 Å². The van der Waals surface area contributed by atoms with Gasteiger partial charge >= 0.3 is 0 Å². The first-order valence-electron chi connectivity index (χ1n) is 9.59. The number of hydrogen-bond acceptors (Lipinski definition) is 4. The maximum Gasteiger partial charge on any atom is 0.257 e. The van der Waals surface area contributed by atoms with Crippen molar-refractivity contribution in [1.29, 1.82) is 0 Å². The van der Waals surface area contributed by atoms with Crippen LogP contribution in [0.1, 0.15) is 28.4 Å². The van der Waals surface area contributed by atoms with Gasteiger partial charge in [0.25, 0.3) is 5.91 Å². The van der Waals surface area contributed by atoms with Crippen molar-refractivity contribution < 1.29 is 23.0 Å². The van der Waals surface area contributed by atoms with Gasteiger partial charge in [0.15, 0.2) is 5.82 Å². The summed E-state index contributed by atoms with van der Waals surface area (Å²) in [6, 6.07) is 10.00. The van der Waals surface area contributed by atoms with Crippen molar-refractivity contribution in [3.8, 4) is 5.75 Å². The number of amides is 1. The standard InChI is InChI=1S/C23H23F2N3O3/c1-15(14-30-3)31-20-11-16(4-5-17-6-7-19(24)13-21(17)25)10-18(12-20)23(29)26-22-8-9-28(2)27-22/h4-13,15H,14H2,1-3H3,(H,26,27,29)/b5-4+/t15-/m0/s1. The maximum atomic E-state index is 13.9. The summed E-state index contributed by atoms with van der Waals surface area (Å²) >= 11 is 0. The first-order valence-corrected chi connectivity index (χ1v) is 9.59. The third-order valence-corrected chi connectivity index (χ3v) is 4.30. The van der Waals surface area contributed by atoms with Gasteiger partial charge in [0.1, 0.15) is 23.5 Å². The van der Waals surface area contributed by atoms with E-state index in [1.165, 1.54) is 18.2 Å². The monoisotopic (exact) mass is 427 g/mol. The summed E-state index contributed by atoms with van der Waals surface area (Å²) in [6.07, 6.45) is 4.60. The Morgan fingerprint density at radius 1 is 1.19 bits per heavy atom. The molecule has 8 heteroatoms. The number of benzene rings is 2. The molecule has 0 aliphatic heterocycles. The molecule has 2 aromatic carbocycles. The number of methoxy groups -OCH3 is 1. The van der Waals surface area contributed by atoms with Crippen molar-refractivity contribution in [2.45, 2.75) is 13.0 Å². The molecule has 0 spiro atoms. The number of aromatic nitrogens is 2. The van der Waals surface area contributed by atoms with E-state index in [9.17, 15) is 13.6 Å². The van der Waals surface area contributed by atoms with Gasteiger partial charge in [0.2, 0.25) is 0 Å². The lowest BCUT2D eigenvalue weighted by molar-refractivity contribution is 0.0917. The second-order valence-electron chi connectivity index (χ2n) is 7.00. The van der Waals surface area contributed by atoms with Crippen LogP contribution >= 0.6 is 0 Å². The van der Waals surface area contributed by atoms with Crippen LogP contribution in [0, 0.1) is 11.6 Å². The molecule has 6 nitrogen and oxygen atoms in total. The summed E-state index contributed by atoms with van der Waals surface area (Å²) < 4.78 is 39.6. The molecule has 0 unspecified atom stereocenters. The average Bonchev–Trinajstić information content (AvgIpc) is 3.12. The van der Waals surface area contributed by atoms with Gasteiger partial charge in [0, 0.05) is 43.6 Å². The van der Waals surface area contributed by atoms with E-state index < -0.39 is 11.6 Å². The minimum atomic E-state index is -0.675. The lowest BCUT2D eigenvalue weighted by Crippen LogP contribution is -2.19. The lowest BCUT2D eigenvalue weighted by Gasteiger charge is -2.15. The van der Waals surface area contributed by atoms with Crippen LogP contribution in [0.15, 0.2) is 48.7 Å². The number of carbonyl (C=O) groups excluding carboxylic acids is 1. The van der Waals surface area contributed by atoms with E-state index in [1.807, 2.05) is 6.92 Å². The number of anilines is 1. The largest absolute Gasteiger partial charge is 0.488 e. The number of rotatable bonds is 8. The molecule has 3 aromatic rings. The highest BCUT2D eigenvalue weighted by atomic mass is 19.1. The molecule has 1 atom stereocenters. The van der Waals surface area contributed by atoms with Gasteiger partial charge in [-0.1, -0.05) is 12.2 Å². The zero-order chi connectivity index (χ0) is 22.4. The van der Waals surface area contributed by atoms with E-state index in [4.69, 9.17) is 9.47 Å². The molecular formula is C23H23F2N3O3. The van der Waals surface area contributed by atoms with Gasteiger partial charge in [-0.05, 0) is 42.8 Å². The molecule has 0 saturated heterocycles. The number of ether oxygens (including phenoxy) is 2. The summed E-state index contributed by atoms with van der Waals surface area (Å²) in [4.78, 5) is 12.7. The predicted molar refractivity (Wildman–Crippen MR) is 115 cm³/mol. The zero-order valence-corrected chi connectivity index (χ0v) is 17.4. The Labute approximate surface area is 179 Å². The minimum absolute atomic E-state index is 0.222. The van der Waals surface area contributed by atoms with Crippen LogP contribution < -0.4 is 10.1 Å². The Hall–Kier alpha value is -3.52. The summed E-state index contributed by atoms with van der Waals surface area (Å²) in [5.74, 6) is -0.822. The van der Waals surface area contributed by atoms with E-state index >= 15 is 0 Å². The highest BCUT2D eigenvalue weighted by Crippen LogP contribution is 2.22. The Kier molecular flexibility index (Phi) is 7.15. The fraction of sp³-hybridized carbons (Fsp3) is 0.217. The van der Waals surface area contributed by atoms with Crippen molar-refractivity contribution in [3.05, 3.63) is 77.0 Å². The second kappa shape index (κ2) is 9.99. The molecule has 0 radical (unpaired) electrons. The normalized spacial score (nSPS) is 12.2. The highest BCUT2D eigenvalue weighted by Gasteiger charge is 2.12. The number of halogens is 2. The fourth-order valence-corrected chi connectivity index (χ4v) is 2.91. The molecule has 1 heterocycles. The molecule has 162 valence electrons. The molecule has 31 heavy (non-hydrogen) atoms. The van der Waals surface area contributed by atoms with Gasteiger partial charge in [-0.2, -0.15) is 5.10 Å². The van der Waals surface area contributed by atoms with Gasteiger partial charge in [0.05, 0.1) is 6.61 Å². The zero-order valence-electron chi connectivity index (χ0n) is 17.4. The van der Waals surface area contributed by atoms with Crippen molar-refractivity contribution in [2.75, 3.05) is 19.0 Å². The lowest BCUT2D eigenvalue weighted by atomic mass is 10.1. The minimum Gasteiger partial charge on any atom is -0.488 e. The second-order valence-corrected chi connectivity index (χ2v) is 7.00. The first-order chi connectivity index (χ1) is 14.8. The first kappa shape index (κ1) is 22.2. The van der Waals surface area contributed by atoms with Crippen molar-refractivity contribution in [3.63, 3.8) is 0 Å². The molecule has 0 fully saturated rings. The number of nitrogens with one attached hydrogen (secondary N) is 1. The third-order valence-electron chi connectivity index (χ3n) is 4.30. The molecule has 0 saturated carbocycles. The molecule has 1 amide bonds. The van der Waals surface area contributed by atoms with E-state index in [0.29, 0.717) is 29.3 Å². The molecule has 0 aliphatic carbocycles. The molecule has 0 bridgehead atoms. The summed E-state index contributed by atoms with van der Waals surface area (Å²) in [7, 11) is 3.32. The Balaban J connectivity index is 1.90. The van der Waals surface area contributed by atoms with Gasteiger partial charge < -0.3 is 14.8 Å². The molecule has 0 aliphatic rings. The van der Waals surface area contributed by atoms with Gasteiger partial charge in [-0.25, -0.2) is 8.78 Å². The molecule has 1 N–H and O–H groups in total. The van der Waals surface area contributed by atoms with Crippen LogP contribution in [0.3, 0.4) is 0 Å². The van der Waals surface area contributed by atoms with Crippen molar-refractivity contribution >= 4 is 23.9 Å². The summed E-state index contributed by atoms with van der Waals surface area (Å²) in [5.41, 5.74) is 1.17. The van der Waals surface area contributed by atoms with Crippen molar-refractivity contribution in [1.82, 2.24) is 9.78 Å². The molecule has 3 rings (SSSR count). The van der Waals surface area contributed by atoms with Crippen LogP contribution in [0.2, 0.25) is 0 Å². The SMILES string of the molecule is COC[C@H](C)Oc1cc(/C=C/c2ccc(F)cc2F)cc(C(=O)Nc2ccn(C)n2)c1. The highest BCUT2D eigenvalue weighted by molar-refractivity contribution is 6.04. The third kappa shape index (κ3) is 6.23. The van der Waals surface area contributed by atoms with Crippen molar-refractivity contribution in [2.24, 2.45) is 7.05 Å². The smallest absolute Gasteiger partial charge is 0.257 e. The topological polar surface area (TPSA) is 65.4 Å². The van der Waals surface area contributed by atoms with Crippen LogP contribution in [0.4, 0.5) is 14.6 Å². The number of nitrogens with zero attached hydrogens (tertiary/aromatic N) is 2. The Morgan fingerprint density at radius 2 is 2.00 bits per heavy atom. The van der Waals surface area contributed by atoms with E-state index in [1.54, 1.807) is 55.4 Å². The quantitative estimate of drug-likeness (QED) is 0.537. The number of carbonyl (C=O) groups is 1. The van der Waals surface area contributed by atoms with Gasteiger partial charge in [-0.15, -0.1) is 0 Å². The van der Waals surface area contributed by atoms with Gasteiger partial charge in [-0.3, -0.25) is 9.48 Å².